The van der Waals surface area contributed by atoms with Crippen molar-refractivity contribution in [2.75, 3.05) is 18.9 Å². The average molecular weight is 384 g/mol. The van der Waals surface area contributed by atoms with Crippen molar-refractivity contribution in [3.05, 3.63) is 30.1 Å². The number of anilines is 1. The summed E-state index contributed by atoms with van der Waals surface area (Å²) in [5.74, 6) is 1.06. The molecule has 2 heterocycles. The standard InChI is InChI=1S/C20H28N6O2/c1-4-28-11-15-25-17-18(13-7-5-6-8-14(13)24-19(17)22)26(15)10-9-23-20(27)16(21)12(2)3/h5-8,12,16H,4,9-11,21H2,1-3H3,(H2,22,24)(H,23,27). The third-order valence-corrected chi connectivity index (χ3v) is 4.78. The Hall–Kier alpha value is -2.71. The number of hydrogen-bond donors (Lipinski definition) is 3. The van der Waals surface area contributed by atoms with Crippen LogP contribution in [0.4, 0.5) is 5.82 Å². The third kappa shape index (κ3) is 3.93. The molecule has 0 radical (unpaired) electrons. The molecule has 5 N–H and O–H groups in total. The molecule has 1 atom stereocenters. The van der Waals surface area contributed by atoms with Gasteiger partial charge in [-0.15, -0.1) is 0 Å². The van der Waals surface area contributed by atoms with Crippen molar-refractivity contribution in [2.24, 2.45) is 11.7 Å². The first-order valence-electron chi connectivity index (χ1n) is 9.58. The Bertz CT molecular complexity index is 982. The fourth-order valence-corrected chi connectivity index (χ4v) is 3.16. The molecule has 1 aromatic carbocycles. The summed E-state index contributed by atoms with van der Waals surface area (Å²) >= 11 is 0. The van der Waals surface area contributed by atoms with Crippen LogP contribution in [0.1, 0.15) is 26.6 Å². The molecular formula is C20H28N6O2. The number of hydrogen-bond acceptors (Lipinski definition) is 6. The Labute approximate surface area is 164 Å². The first-order chi connectivity index (χ1) is 13.4. The van der Waals surface area contributed by atoms with Crippen molar-refractivity contribution in [3.8, 4) is 0 Å². The molecule has 8 nitrogen and oxygen atoms in total. The molecule has 28 heavy (non-hydrogen) atoms. The molecule has 0 aliphatic heterocycles. The second kappa shape index (κ2) is 8.53. The molecule has 3 rings (SSSR count). The lowest BCUT2D eigenvalue weighted by atomic mass is 10.1. The van der Waals surface area contributed by atoms with Gasteiger partial charge in [0.15, 0.2) is 5.82 Å². The van der Waals surface area contributed by atoms with E-state index in [0.717, 1.165) is 22.2 Å². The van der Waals surface area contributed by atoms with E-state index >= 15 is 0 Å². The van der Waals surface area contributed by atoms with Crippen LogP contribution in [0.15, 0.2) is 24.3 Å². The quantitative estimate of drug-likeness (QED) is 0.544. The number of benzene rings is 1. The van der Waals surface area contributed by atoms with Gasteiger partial charge in [-0.25, -0.2) is 9.97 Å². The molecule has 8 heteroatoms. The van der Waals surface area contributed by atoms with Crippen LogP contribution in [0.3, 0.4) is 0 Å². The zero-order valence-corrected chi connectivity index (χ0v) is 16.6. The van der Waals surface area contributed by atoms with Crippen molar-refractivity contribution in [2.45, 2.75) is 40.0 Å². The second-order valence-electron chi connectivity index (χ2n) is 7.09. The molecule has 0 spiro atoms. The highest BCUT2D eigenvalue weighted by molar-refractivity contribution is 6.06. The molecule has 0 bridgehead atoms. The maximum atomic E-state index is 12.2. The molecule has 1 unspecified atom stereocenters. The summed E-state index contributed by atoms with van der Waals surface area (Å²) in [6.07, 6.45) is 0. The van der Waals surface area contributed by atoms with E-state index in [1.807, 2.05) is 49.6 Å². The predicted octanol–water partition coefficient (Wildman–Crippen LogP) is 1.80. The lowest BCUT2D eigenvalue weighted by molar-refractivity contribution is -0.123. The molecule has 0 fully saturated rings. The van der Waals surface area contributed by atoms with Gasteiger partial charge in [-0.2, -0.15) is 0 Å². The van der Waals surface area contributed by atoms with Gasteiger partial charge in [0.05, 0.1) is 17.1 Å². The Kier molecular flexibility index (Phi) is 6.11. The number of carbonyl (C=O) groups is 1. The van der Waals surface area contributed by atoms with E-state index in [1.54, 1.807) is 0 Å². The number of imidazole rings is 1. The Morgan fingerprint density at radius 1 is 1.29 bits per heavy atom. The normalized spacial score (nSPS) is 12.8. The van der Waals surface area contributed by atoms with Gasteiger partial charge < -0.3 is 26.1 Å². The number of para-hydroxylation sites is 1. The van der Waals surface area contributed by atoms with Crippen molar-refractivity contribution in [1.82, 2.24) is 19.9 Å². The van der Waals surface area contributed by atoms with E-state index in [9.17, 15) is 4.79 Å². The van der Waals surface area contributed by atoms with Crippen LogP contribution in [-0.2, 0) is 22.7 Å². The number of pyridine rings is 1. The number of nitrogen functional groups attached to an aromatic ring is 1. The van der Waals surface area contributed by atoms with Crippen molar-refractivity contribution >= 4 is 33.7 Å². The minimum atomic E-state index is -0.525. The second-order valence-corrected chi connectivity index (χ2v) is 7.09. The summed E-state index contributed by atoms with van der Waals surface area (Å²) in [7, 11) is 0. The predicted molar refractivity (Wildman–Crippen MR) is 111 cm³/mol. The van der Waals surface area contributed by atoms with Crippen LogP contribution in [0.5, 0.6) is 0 Å². The van der Waals surface area contributed by atoms with Gasteiger partial charge in [0.2, 0.25) is 5.91 Å². The van der Waals surface area contributed by atoms with Crippen LogP contribution < -0.4 is 16.8 Å². The Balaban J connectivity index is 1.97. The Morgan fingerprint density at radius 3 is 2.75 bits per heavy atom. The first kappa shape index (κ1) is 20.0. The minimum absolute atomic E-state index is 0.0809. The third-order valence-electron chi connectivity index (χ3n) is 4.78. The van der Waals surface area contributed by atoms with Gasteiger partial charge in [0.1, 0.15) is 17.9 Å². The van der Waals surface area contributed by atoms with Gasteiger partial charge in [-0.05, 0) is 18.9 Å². The average Bonchev–Trinajstić information content (AvgIpc) is 3.05. The molecule has 0 saturated heterocycles. The van der Waals surface area contributed by atoms with Gasteiger partial charge in [0.25, 0.3) is 0 Å². The fourth-order valence-electron chi connectivity index (χ4n) is 3.16. The van der Waals surface area contributed by atoms with Gasteiger partial charge in [-0.3, -0.25) is 4.79 Å². The zero-order chi connectivity index (χ0) is 20.3. The van der Waals surface area contributed by atoms with Crippen LogP contribution in [0.2, 0.25) is 0 Å². The summed E-state index contributed by atoms with van der Waals surface area (Å²) in [6.45, 7) is 7.69. The van der Waals surface area contributed by atoms with E-state index < -0.39 is 6.04 Å². The number of aromatic nitrogens is 3. The molecule has 0 aliphatic carbocycles. The Morgan fingerprint density at radius 2 is 2.04 bits per heavy atom. The number of carbonyl (C=O) groups excluding carboxylic acids is 1. The highest BCUT2D eigenvalue weighted by Crippen LogP contribution is 2.28. The summed E-state index contributed by atoms with van der Waals surface area (Å²) in [5, 5.41) is 3.88. The van der Waals surface area contributed by atoms with Crippen molar-refractivity contribution < 1.29 is 9.53 Å². The summed E-state index contributed by atoms with van der Waals surface area (Å²) in [6, 6.07) is 7.29. The minimum Gasteiger partial charge on any atom is -0.382 e. The molecule has 1 amide bonds. The first-order valence-corrected chi connectivity index (χ1v) is 9.58. The summed E-state index contributed by atoms with van der Waals surface area (Å²) in [4.78, 5) is 21.3. The molecule has 2 aromatic heterocycles. The van der Waals surface area contributed by atoms with Gasteiger partial charge in [-0.1, -0.05) is 32.0 Å². The maximum Gasteiger partial charge on any atom is 0.237 e. The molecular weight excluding hydrogens is 356 g/mol. The van der Waals surface area contributed by atoms with Crippen LogP contribution in [0, 0.1) is 5.92 Å². The molecule has 150 valence electrons. The fraction of sp³-hybridized carbons (Fsp3) is 0.450. The molecule has 3 aromatic rings. The van der Waals surface area contributed by atoms with E-state index in [-0.39, 0.29) is 11.8 Å². The highest BCUT2D eigenvalue weighted by Gasteiger charge is 2.19. The zero-order valence-electron chi connectivity index (χ0n) is 16.6. The lowest BCUT2D eigenvalue weighted by Gasteiger charge is -2.16. The monoisotopic (exact) mass is 384 g/mol. The summed E-state index contributed by atoms with van der Waals surface area (Å²) in [5.41, 5.74) is 14.5. The number of amides is 1. The smallest absolute Gasteiger partial charge is 0.237 e. The van der Waals surface area contributed by atoms with Crippen LogP contribution >= 0.6 is 0 Å². The SMILES string of the molecule is CCOCc1nc2c(N)nc3ccccc3c2n1CCNC(=O)C(N)C(C)C. The van der Waals surface area contributed by atoms with E-state index in [0.29, 0.717) is 37.6 Å². The van der Waals surface area contributed by atoms with E-state index in [4.69, 9.17) is 16.2 Å². The van der Waals surface area contributed by atoms with Crippen LogP contribution in [0.25, 0.3) is 21.9 Å². The van der Waals surface area contributed by atoms with Crippen molar-refractivity contribution in [1.29, 1.82) is 0 Å². The number of ether oxygens (including phenoxy) is 1. The topological polar surface area (TPSA) is 121 Å². The maximum absolute atomic E-state index is 12.2. The lowest BCUT2D eigenvalue weighted by Crippen LogP contribution is -2.44. The van der Waals surface area contributed by atoms with Crippen molar-refractivity contribution in [3.63, 3.8) is 0 Å². The highest BCUT2D eigenvalue weighted by atomic mass is 16.5. The van der Waals surface area contributed by atoms with Crippen LogP contribution in [-0.4, -0.2) is 39.6 Å². The number of nitrogens with one attached hydrogen (secondary N) is 1. The number of rotatable bonds is 8. The molecule has 0 saturated carbocycles. The molecule has 0 aliphatic rings. The van der Waals surface area contributed by atoms with Gasteiger partial charge in [0, 0.05) is 25.1 Å². The van der Waals surface area contributed by atoms with E-state index in [2.05, 4.69) is 15.3 Å². The number of fused-ring (bicyclic) bond motifs is 3. The van der Waals surface area contributed by atoms with E-state index in [1.165, 1.54) is 0 Å². The number of nitrogens with two attached hydrogens (primary N) is 2. The van der Waals surface area contributed by atoms with Gasteiger partial charge >= 0.3 is 0 Å². The number of nitrogens with zero attached hydrogens (tertiary/aromatic N) is 3. The summed E-state index contributed by atoms with van der Waals surface area (Å²) < 4.78 is 7.64. The largest absolute Gasteiger partial charge is 0.382 e.